The molecule has 0 saturated heterocycles. The third-order valence-corrected chi connectivity index (χ3v) is 3.66. The molecule has 0 aliphatic carbocycles. The van der Waals surface area contributed by atoms with Crippen molar-refractivity contribution in [2.45, 2.75) is 13.2 Å². The summed E-state index contributed by atoms with van der Waals surface area (Å²) >= 11 is 2.09. The van der Waals surface area contributed by atoms with Gasteiger partial charge in [-0.15, -0.1) is 0 Å². The van der Waals surface area contributed by atoms with E-state index in [1.165, 1.54) is 0 Å². The molecule has 0 amide bonds. The Morgan fingerprint density at radius 2 is 1.63 bits per heavy atom. The number of hydrogen-bond donors (Lipinski definition) is 2. The lowest BCUT2D eigenvalue weighted by molar-refractivity contribution is 0.107. The summed E-state index contributed by atoms with van der Waals surface area (Å²) in [7, 11) is -1.42. The Balaban J connectivity index is 1.92. The van der Waals surface area contributed by atoms with Gasteiger partial charge in [0.1, 0.15) is 0 Å². The minimum atomic E-state index is -1.42. The van der Waals surface area contributed by atoms with E-state index in [1.807, 2.05) is 42.5 Å². The van der Waals surface area contributed by atoms with Gasteiger partial charge in [-0.25, -0.2) is 0 Å². The van der Waals surface area contributed by atoms with Gasteiger partial charge in [0.15, 0.2) is 0 Å². The highest BCUT2D eigenvalue weighted by atomic mass is 127. The molecular weight excluding hydrogens is 354 g/mol. The van der Waals surface area contributed by atoms with E-state index in [0.29, 0.717) is 18.7 Å². The molecule has 0 radical (unpaired) electrons. The van der Waals surface area contributed by atoms with Gasteiger partial charge >= 0.3 is 7.12 Å². The lowest BCUT2D eigenvalue weighted by Crippen LogP contribution is -2.32. The Hall–Kier alpha value is -0.885. The van der Waals surface area contributed by atoms with E-state index in [9.17, 15) is 0 Å². The molecule has 0 saturated carbocycles. The Bertz CT molecular complexity index is 531. The van der Waals surface area contributed by atoms with Crippen molar-refractivity contribution in [2.24, 2.45) is 0 Å². The molecule has 0 unspecified atom stereocenters. The van der Waals surface area contributed by atoms with E-state index >= 15 is 0 Å². The summed E-state index contributed by atoms with van der Waals surface area (Å²) in [5.41, 5.74) is 2.68. The maximum Gasteiger partial charge on any atom is 0.489 e. The topological polar surface area (TPSA) is 49.7 Å². The minimum absolute atomic E-state index is 0.507. The van der Waals surface area contributed by atoms with Crippen LogP contribution in [0.1, 0.15) is 11.1 Å². The number of halogens is 1. The molecule has 3 nitrogen and oxygen atoms in total. The van der Waals surface area contributed by atoms with E-state index in [1.54, 1.807) is 6.07 Å². The molecule has 2 N–H and O–H groups in total. The van der Waals surface area contributed by atoms with Gasteiger partial charge in [0, 0.05) is 3.57 Å². The highest BCUT2D eigenvalue weighted by Gasteiger charge is 2.14. The molecule has 0 spiro atoms. The largest absolute Gasteiger partial charge is 0.489 e. The molecule has 5 heteroatoms. The lowest BCUT2D eigenvalue weighted by Gasteiger charge is -2.08. The third-order valence-electron chi connectivity index (χ3n) is 2.72. The second-order valence-corrected chi connectivity index (χ2v) is 5.37. The fourth-order valence-corrected chi connectivity index (χ4v) is 2.59. The first-order valence-electron chi connectivity index (χ1n) is 5.93. The molecule has 2 aromatic carbocycles. The van der Waals surface area contributed by atoms with Gasteiger partial charge in [0.2, 0.25) is 0 Å². The van der Waals surface area contributed by atoms with Crippen LogP contribution in [-0.2, 0) is 18.0 Å². The average Bonchev–Trinajstić information content (AvgIpc) is 2.39. The first-order valence-corrected chi connectivity index (χ1v) is 7.01. The Morgan fingerprint density at radius 1 is 0.947 bits per heavy atom. The van der Waals surface area contributed by atoms with Crippen molar-refractivity contribution in [1.29, 1.82) is 0 Å². The molecule has 0 aromatic heterocycles. The van der Waals surface area contributed by atoms with Crippen LogP contribution in [0.15, 0.2) is 48.5 Å². The Kier molecular flexibility index (Phi) is 5.39. The number of benzene rings is 2. The molecule has 0 atom stereocenters. The van der Waals surface area contributed by atoms with E-state index < -0.39 is 7.12 Å². The van der Waals surface area contributed by atoms with Gasteiger partial charge in [-0.05, 0) is 45.2 Å². The van der Waals surface area contributed by atoms with Crippen LogP contribution in [-0.4, -0.2) is 17.2 Å². The summed E-state index contributed by atoms with van der Waals surface area (Å²) in [6, 6.07) is 15.5. The number of hydrogen-bond acceptors (Lipinski definition) is 3. The second-order valence-electron chi connectivity index (χ2n) is 4.21. The van der Waals surface area contributed by atoms with Crippen LogP contribution >= 0.6 is 22.6 Å². The maximum atomic E-state index is 9.14. The van der Waals surface area contributed by atoms with Gasteiger partial charge in [0.05, 0.1) is 13.2 Å². The van der Waals surface area contributed by atoms with Crippen molar-refractivity contribution < 1.29 is 14.8 Å². The molecule has 2 rings (SSSR count). The summed E-state index contributed by atoms with van der Waals surface area (Å²) in [5.74, 6) is 0. The molecule has 0 heterocycles. The SMILES string of the molecule is OB(O)c1ccc(COCc2ccccc2)cc1I. The summed E-state index contributed by atoms with van der Waals surface area (Å²) in [6.07, 6.45) is 0. The normalized spacial score (nSPS) is 10.5. The summed E-state index contributed by atoms with van der Waals surface area (Å²) < 4.78 is 6.46. The van der Waals surface area contributed by atoms with Gasteiger partial charge in [-0.3, -0.25) is 0 Å². The van der Waals surface area contributed by atoms with E-state index in [4.69, 9.17) is 14.8 Å². The van der Waals surface area contributed by atoms with Crippen LogP contribution in [0, 0.1) is 3.57 Å². The molecule has 19 heavy (non-hydrogen) atoms. The zero-order valence-corrected chi connectivity index (χ0v) is 12.4. The molecule has 98 valence electrons. The molecule has 0 fully saturated rings. The van der Waals surface area contributed by atoms with Gasteiger partial charge in [0.25, 0.3) is 0 Å². The predicted octanol–water partition coefficient (Wildman–Crippen LogP) is 1.69. The number of ether oxygens (including phenoxy) is 1. The Morgan fingerprint density at radius 3 is 2.26 bits per heavy atom. The van der Waals surface area contributed by atoms with Crippen LogP contribution < -0.4 is 5.46 Å². The minimum Gasteiger partial charge on any atom is -0.423 e. The van der Waals surface area contributed by atoms with Crippen molar-refractivity contribution in [2.75, 3.05) is 0 Å². The fraction of sp³-hybridized carbons (Fsp3) is 0.143. The number of rotatable bonds is 5. The molecule has 0 aliphatic rings. The third kappa shape index (κ3) is 4.31. The van der Waals surface area contributed by atoms with E-state index in [2.05, 4.69) is 22.6 Å². The highest BCUT2D eigenvalue weighted by Crippen LogP contribution is 2.09. The monoisotopic (exact) mass is 368 g/mol. The molecule has 0 aliphatic heterocycles. The maximum absolute atomic E-state index is 9.14. The summed E-state index contributed by atoms with van der Waals surface area (Å²) in [6.45, 7) is 1.08. The first kappa shape index (κ1) is 14.5. The van der Waals surface area contributed by atoms with Crippen molar-refractivity contribution in [1.82, 2.24) is 0 Å². The molecule has 2 aromatic rings. The summed E-state index contributed by atoms with van der Waals surface area (Å²) in [4.78, 5) is 0. The van der Waals surface area contributed by atoms with Crippen LogP contribution in [0.2, 0.25) is 0 Å². The highest BCUT2D eigenvalue weighted by molar-refractivity contribution is 14.1. The van der Waals surface area contributed by atoms with Crippen molar-refractivity contribution >= 4 is 35.2 Å². The lowest BCUT2D eigenvalue weighted by atomic mass is 9.80. The van der Waals surface area contributed by atoms with Gasteiger partial charge < -0.3 is 14.8 Å². The van der Waals surface area contributed by atoms with Crippen LogP contribution in [0.25, 0.3) is 0 Å². The zero-order chi connectivity index (χ0) is 13.7. The van der Waals surface area contributed by atoms with E-state index in [0.717, 1.165) is 14.7 Å². The molecular formula is C14H14BIO3. The van der Waals surface area contributed by atoms with Crippen LogP contribution in [0.4, 0.5) is 0 Å². The van der Waals surface area contributed by atoms with Crippen molar-refractivity contribution in [3.05, 3.63) is 63.2 Å². The van der Waals surface area contributed by atoms with E-state index in [-0.39, 0.29) is 0 Å². The Labute approximate surface area is 126 Å². The standard InChI is InChI=1S/C14H14BIO3/c16-14-8-12(6-7-13(14)15(17)18)10-19-9-11-4-2-1-3-5-11/h1-8,17-18H,9-10H2. The average molecular weight is 368 g/mol. The van der Waals surface area contributed by atoms with Gasteiger partial charge in [-0.2, -0.15) is 0 Å². The quantitative estimate of drug-likeness (QED) is 0.624. The van der Waals surface area contributed by atoms with Crippen molar-refractivity contribution in [3.8, 4) is 0 Å². The smallest absolute Gasteiger partial charge is 0.423 e. The first-order chi connectivity index (χ1) is 9.16. The zero-order valence-electron chi connectivity index (χ0n) is 10.3. The second kappa shape index (κ2) is 7.05. The predicted molar refractivity (Wildman–Crippen MR) is 83.9 cm³/mol. The van der Waals surface area contributed by atoms with Crippen LogP contribution in [0.5, 0.6) is 0 Å². The van der Waals surface area contributed by atoms with Crippen molar-refractivity contribution in [3.63, 3.8) is 0 Å². The summed E-state index contributed by atoms with van der Waals surface area (Å²) in [5, 5.41) is 18.3. The fourth-order valence-electron chi connectivity index (χ4n) is 1.73. The molecule has 0 bridgehead atoms. The van der Waals surface area contributed by atoms with Gasteiger partial charge in [-0.1, -0.05) is 42.5 Å². The van der Waals surface area contributed by atoms with Crippen LogP contribution in [0.3, 0.4) is 0 Å².